The van der Waals surface area contributed by atoms with Gasteiger partial charge >= 0.3 is 0 Å². The van der Waals surface area contributed by atoms with Crippen LogP contribution in [-0.2, 0) is 4.79 Å². The molecular weight excluding hydrogens is 228 g/mol. The Morgan fingerprint density at radius 1 is 1.50 bits per heavy atom. The van der Waals surface area contributed by atoms with Crippen molar-refractivity contribution in [2.24, 2.45) is 5.41 Å². The number of amides is 1. The molecule has 1 aliphatic rings. The Morgan fingerprint density at radius 3 is 2.83 bits per heavy atom. The fraction of sp³-hybridized carbons (Fsp3) is 0.615. The number of anilines is 1. The fourth-order valence-electron chi connectivity index (χ4n) is 2.32. The smallest absolute Gasteiger partial charge is 0.228 e. The number of carbonyl (C=O) groups excluding carboxylic acids is 1. The molecule has 0 aliphatic carbocycles. The molecule has 98 valence electrons. The minimum absolute atomic E-state index is 0.0435. The SMILES string of the molecule is CC(C)(C)C(=O)N1CCC[C@@H]1c1ccnc(N)n1. The summed E-state index contributed by atoms with van der Waals surface area (Å²) in [5.41, 5.74) is 6.09. The first kappa shape index (κ1) is 12.8. The average molecular weight is 248 g/mol. The number of carbonyl (C=O) groups is 1. The third-order valence-corrected chi connectivity index (χ3v) is 3.19. The molecular formula is C13H20N4O. The van der Waals surface area contributed by atoms with Gasteiger partial charge in [0.15, 0.2) is 0 Å². The number of hydrogen-bond donors (Lipinski definition) is 1. The molecule has 0 saturated carbocycles. The Kier molecular flexibility index (Phi) is 3.24. The topological polar surface area (TPSA) is 72.1 Å². The molecule has 1 fully saturated rings. The molecule has 0 aromatic carbocycles. The lowest BCUT2D eigenvalue weighted by molar-refractivity contribution is -0.140. The van der Waals surface area contributed by atoms with Crippen LogP contribution < -0.4 is 5.73 Å². The van der Waals surface area contributed by atoms with E-state index < -0.39 is 0 Å². The molecule has 0 spiro atoms. The first-order valence-corrected chi connectivity index (χ1v) is 6.29. The van der Waals surface area contributed by atoms with E-state index in [1.807, 2.05) is 31.7 Å². The van der Waals surface area contributed by atoms with Gasteiger partial charge in [-0.25, -0.2) is 9.97 Å². The summed E-state index contributed by atoms with van der Waals surface area (Å²) in [5.74, 6) is 0.435. The van der Waals surface area contributed by atoms with Crippen LogP contribution in [0.3, 0.4) is 0 Å². The highest BCUT2D eigenvalue weighted by molar-refractivity contribution is 5.82. The molecule has 2 N–H and O–H groups in total. The predicted molar refractivity (Wildman–Crippen MR) is 69.6 cm³/mol. The van der Waals surface area contributed by atoms with Crippen LogP contribution in [0.25, 0.3) is 0 Å². The highest BCUT2D eigenvalue weighted by atomic mass is 16.2. The van der Waals surface area contributed by atoms with Crippen LogP contribution in [0.1, 0.15) is 45.3 Å². The van der Waals surface area contributed by atoms with Gasteiger partial charge in [0.25, 0.3) is 0 Å². The molecule has 2 rings (SSSR count). The number of rotatable bonds is 1. The van der Waals surface area contributed by atoms with E-state index in [0.717, 1.165) is 25.1 Å². The van der Waals surface area contributed by atoms with Crippen LogP contribution in [0.4, 0.5) is 5.95 Å². The number of nitrogens with zero attached hydrogens (tertiary/aromatic N) is 3. The summed E-state index contributed by atoms with van der Waals surface area (Å²) >= 11 is 0. The van der Waals surface area contributed by atoms with Gasteiger partial charge in [-0.3, -0.25) is 4.79 Å². The Bertz CT molecular complexity index is 453. The second-order valence-corrected chi connectivity index (χ2v) is 5.75. The summed E-state index contributed by atoms with van der Waals surface area (Å²) < 4.78 is 0. The van der Waals surface area contributed by atoms with E-state index >= 15 is 0 Å². The Labute approximate surface area is 107 Å². The van der Waals surface area contributed by atoms with E-state index in [2.05, 4.69) is 9.97 Å². The molecule has 1 aromatic rings. The number of nitrogens with two attached hydrogens (primary N) is 1. The minimum atomic E-state index is -0.360. The second-order valence-electron chi connectivity index (χ2n) is 5.75. The van der Waals surface area contributed by atoms with Gasteiger partial charge in [-0.15, -0.1) is 0 Å². The molecule has 0 bridgehead atoms. The molecule has 0 unspecified atom stereocenters. The van der Waals surface area contributed by atoms with Crippen molar-refractivity contribution in [2.75, 3.05) is 12.3 Å². The van der Waals surface area contributed by atoms with Crippen molar-refractivity contribution >= 4 is 11.9 Å². The van der Waals surface area contributed by atoms with Crippen LogP contribution in [0.5, 0.6) is 0 Å². The monoisotopic (exact) mass is 248 g/mol. The molecule has 1 aliphatic heterocycles. The third kappa shape index (κ3) is 2.44. The predicted octanol–water partition coefficient (Wildman–Crippen LogP) is 1.77. The Balaban J connectivity index is 2.25. The Morgan fingerprint density at radius 2 is 2.22 bits per heavy atom. The fourth-order valence-corrected chi connectivity index (χ4v) is 2.32. The van der Waals surface area contributed by atoms with Gasteiger partial charge in [0.1, 0.15) is 0 Å². The van der Waals surface area contributed by atoms with E-state index in [1.165, 1.54) is 0 Å². The van der Waals surface area contributed by atoms with Crippen LogP contribution >= 0.6 is 0 Å². The van der Waals surface area contributed by atoms with E-state index in [9.17, 15) is 4.79 Å². The zero-order chi connectivity index (χ0) is 13.3. The zero-order valence-electron chi connectivity index (χ0n) is 11.2. The maximum Gasteiger partial charge on any atom is 0.228 e. The minimum Gasteiger partial charge on any atom is -0.368 e. The molecule has 1 atom stereocenters. The van der Waals surface area contributed by atoms with Crippen LogP contribution in [0.2, 0.25) is 0 Å². The maximum absolute atomic E-state index is 12.4. The highest BCUT2D eigenvalue weighted by Crippen LogP contribution is 2.34. The van der Waals surface area contributed by atoms with Gasteiger partial charge in [-0.2, -0.15) is 0 Å². The van der Waals surface area contributed by atoms with Crippen molar-refractivity contribution in [3.63, 3.8) is 0 Å². The highest BCUT2D eigenvalue weighted by Gasteiger charge is 2.36. The average Bonchev–Trinajstić information content (AvgIpc) is 2.75. The van der Waals surface area contributed by atoms with Crippen molar-refractivity contribution < 1.29 is 4.79 Å². The number of aromatic nitrogens is 2. The lowest BCUT2D eigenvalue weighted by atomic mass is 9.94. The first-order chi connectivity index (χ1) is 8.39. The quantitative estimate of drug-likeness (QED) is 0.822. The summed E-state index contributed by atoms with van der Waals surface area (Å²) in [6.07, 6.45) is 3.60. The standard InChI is InChI=1S/C13H20N4O/c1-13(2,3)11(18)17-8-4-5-10(17)9-6-7-15-12(14)16-9/h6-7,10H,4-5,8H2,1-3H3,(H2,14,15,16)/t10-/m1/s1. The lowest BCUT2D eigenvalue weighted by Gasteiger charge is -2.30. The molecule has 5 heteroatoms. The van der Waals surface area contributed by atoms with Crippen LogP contribution in [0.15, 0.2) is 12.3 Å². The van der Waals surface area contributed by atoms with Gasteiger partial charge in [-0.1, -0.05) is 20.8 Å². The third-order valence-electron chi connectivity index (χ3n) is 3.19. The molecule has 2 heterocycles. The van der Waals surface area contributed by atoms with Crippen molar-refractivity contribution in [2.45, 2.75) is 39.7 Å². The van der Waals surface area contributed by atoms with Crippen LogP contribution in [-0.4, -0.2) is 27.3 Å². The van der Waals surface area contributed by atoms with Crippen LogP contribution in [0, 0.1) is 5.41 Å². The maximum atomic E-state index is 12.4. The Hall–Kier alpha value is -1.65. The number of likely N-dealkylation sites (tertiary alicyclic amines) is 1. The molecule has 1 aromatic heterocycles. The molecule has 1 amide bonds. The molecule has 5 nitrogen and oxygen atoms in total. The van der Waals surface area contributed by atoms with Gasteiger partial charge in [0.05, 0.1) is 11.7 Å². The van der Waals surface area contributed by atoms with Crippen molar-refractivity contribution in [1.82, 2.24) is 14.9 Å². The summed E-state index contributed by atoms with van der Waals surface area (Å²) in [7, 11) is 0. The van der Waals surface area contributed by atoms with Gasteiger partial charge in [-0.05, 0) is 18.9 Å². The van der Waals surface area contributed by atoms with Gasteiger partial charge in [0.2, 0.25) is 11.9 Å². The largest absolute Gasteiger partial charge is 0.368 e. The molecule has 1 saturated heterocycles. The summed E-state index contributed by atoms with van der Waals surface area (Å²) in [6.45, 7) is 6.63. The van der Waals surface area contributed by atoms with Crippen molar-refractivity contribution in [1.29, 1.82) is 0 Å². The first-order valence-electron chi connectivity index (χ1n) is 6.29. The lowest BCUT2D eigenvalue weighted by Crippen LogP contribution is -2.39. The summed E-state index contributed by atoms with van der Waals surface area (Å²) in [6, 6.07) is 1.89. The normalized spacial score (nSPS) is 20.2. The summed E-state index contributed by atoms with van der Waals surface area (Å²) in [5, 5.41) is 0. The second kappa shape index (κ2) is 4.55. The van der Waals surface area contributed by atoms with E-state index in [1.54, 1.807) is 6.20 Å². The van der Waals surface area contributed by atoms with Crippen molar-refractivity contribution in [3.8, 4) is 0 Å². The number of nitrogen functional groups attached to an aromatic ring is 1. The molecule has 0 radical (unpaired) electrons. The van der Waals surface area contributed by atoms with Gasteiger partial charge in [0, 0.05) is 18.2 Å². The summed E-state index contributed by atoms with van der Waals surface area (Å²) in [4.78, 5) is 22.4. The molecule has 18 heavy (non-hydrogen) atoms. The van der Waals surface area contributed by atoms with Gasteiger partial charge < -0.3 is 10.6 Å². The zero-order valence-corrected chi connectivity index (χ0v) is 11.2. The number of hydrogen-bond acceptors (Lipinski definition) is 4. The van der Waals surface area contributed by atoms with E-state index in [4.69, 9.17) is 5.73 Å². The van der Waals surface area contributed by atoms with E-state index in [0.29, 0.717) is 0 Å². The van der Waals surface area contributed by atoms with Crippen molar-refractivity contribution in [3.05, 3.63) is 18.0 Å². The van der Waals surface area contributed by atoms with E-state index in [-0.39, 0.29) is 23.3 Å².